The Hall–Kier alpha value is -1.55. The van der Waals surface area contributed by atoms with Crippen molar-refractivity contribution in [3.63, 3.8) is 0 Å². The Bertz CT molecular complexity index is 405. The van der Waals surface area contributed by atoms with Crippen LogP contribution in [-0.4, -0.2) is 4.98 Å². The van der Waals surface area contributed by atoms with Crippen molar-refractivity contribution < 1.29 is 0 Å². The minimum atomic E-state index is 0.745. The van der Waals surface area contributed by atoms with Crippen molar-refractivity contribution in [2.75, 3.05) is 11.1 Å². The molecule has 1 aromatic carbocycles. The van der Waals surface area contributed by atoms with Gasteiger partial charge in [0.05, 0.1) is 0 Å². The first-order chi connectivity index (χ1) is 7.74. The minimum absolute atomic E-state index is 0.745. The summed E-state index contributed by atoms with van der Waals surface area (Å²) in [7, 11) is 0. The predicted octanol–water partition coefficient (Wildman–Crippen LogP) is 3.04. The number of nitrogens with one attached hydrogen (secondary N) is 1. The molecule has 16 heavy (non-hydrogen) atoms. The zero-order chi connectivity index (χ0) is 11.4. The van der Waals surface area contributed by atoms with Gasteiger partial charge in [-0.2, -0.15) is 0 Å². The van der Waals surface area contributed by atoms with Gasteiger partial charge < -0.3 is 11.1 Å². The van der Waals surface area contributed by atoms with Crippen LogP contribution in [0.15, 0.2) is 47.1 Å². The quantitative estimate of drug-likeness (QED) is 0.848. The van der Waals surface area contributed by atoms with Crippen LogP contribution in [0.5, 0.6) is 0 Å². The number of hydrogen-bond donors (Lipinski definition) is 2. The highest BCUT2D eigenvalue weighted by Crippen LogP contribution is 2.12. The lowest BCUT2D eigenvalue weighted by molar-refractivity contribution is 1.11. The zero-order valence-corrected chi connectivity index (χ0v) is 10.2. The van der Waals surface area contributed by atoms with Crippen molar-refractivity contribution in [3.8, 4) is 0 Å². The highest BCUT2D eigenvalue weighted by Gasteiger charge is 1.95. The Morgan fingerprint density at radius 2 is 1.88 bits per heavy atom. The molecule has 0 saturated heterocycles. The van der Waals surface area contributed by atoms with E-state index >= 15 is 0 Å². The summed E-state index contributed by atoms with van der Waals surface area (Å²) in [5.41, 5.74) is 7.58. The molecule has 0 spiro atoms. The molecule has 82 valence electrons. The van der Waals surface area contributed by atoms with Crippen LogP contribution in [0.25, 0.3) is 0 Å². The molecule has 1 heterocycles. The summed E-state index contributed by atoms with van der Waals surface area (Å²) in [5, 5.41) is 3.23. The van der Waals surface area contributed by atoms with Crippen LogP contribution < -0.4 is 11.1 Å². The van der Waals surface area contributed by atoms with E-state index < -0.39 is 0 Å². The lowest BCUT2D eigenvalue weighted by atomic mass is 10.2. The number of aromatic nitrogens is 1. The highest BCUT2D eigenvalue weighted by atomic mass is 79.9. The normalized spacial score (nSPS) is 10.1. The Balaban J connectivity index is 1.97. The lowest BCUT2D eigenvalue weighted by Gasteiger charge is -2.05. The summed E-state index contributed by atoms with van der Waals surface area (Å²) < 4.78 is 0.977. The van der Waals surface area contributed by atoms with Gasteiger partial charge in [0.25, 0.3) is 0 Å². The molecular weight excluding hydrogens is 266 g/mol. The van der Waals surface area contributed by atoms with Crippen molar-refractivity contribution >= 4 is 27.4 Å². The van der Waals surface area contributed by atoms with E-state index in [4.69, 9.17) is 5.73 Å². The molecule has 0 fully saturated rings. The van der Waals surface area contributed by atoms with Crippen molar-refractivity contribution in [1.29, 1.82) is 0 Å². The van der Waals surface area contributed by atoms with Gasteiger partial charge in [0.1, 0.15) is 5.82 Å². The van der Waals surface area contributed by atoms with Crippen LogP contribution >= 0.6 is 15.9 Å². The van der Waals surface area contributed by atoms with Gasteiger partial charge >= 0.3 is 0 Å². The van der Waals surface area contributed by atoms with E-state index in [2.05, 4.69) is 26.2 Å². The van der Waals surface area contributed by atoms with Gasteiger partial charge in [0, 0.05) is 22.9 Å². The Labute approximate surface area is 103 Å². The van der Waals surface area contributed by atoms with Gasteiger partial charge in [0.15, 0.2) is 0 Å². The lowest BCUT2D eigenvalue weighted by Crippen LogP contribution is -2.00. The van der Waals surface area contributed by atoms with Crippen LogP contribution in [-0.2, 0) is 6.54 Å². The van der Waals surface area contributed by atoms with Crippen LogP contribution in [0.3, 0.4) is 0 Å². The van der Waals surface area contributed by atoms with Gasteiger partial charge in [0.2, 0.25) is 0 Å². The van der Waals surface area contributed by atoms with Gasteiger partial charge in [-0.1, -0.05) is 12.1 Å². The van der Waals surface area contributed by atoms with Crippen LogP contribution in [0.4, 0.5) is 11.5 Å². The fourth-order valence-electron chi connectivity index (χ4n) is 1.31. The summed E-state index contributed by atoms with van der Waals surface area (Å²) >= 11 is 3.35. The van der Waals surface area contributed by atoms with E-state index in [1.54, 1.807) is 6.20 Å². The summed E-state index contributed by atoms with van der Waals surface area (Å²) in [6.45, 7) is 0.745. The highest BCUT2D eigenvalue weighted by molar-refractivity contribution is 9.10. The maximum Gasteiger partial charge on any atom is 0.126 e. The van der Waals surface area contributed by atoms with Gasteiger partial charge in [-0.05, 0) is 45.8 Å². The second-order valence-corrected chi connectivity index (χ2v) is 4.37. The largest absolute Gasteiger partial charge is 0.399 e. The van der Waals surface area contributed by atoms with Crippen LogP contribution in [0.2, 0.25) is 0 Å². The number of halogens is 1. The molecule has 2 rings (SSSR count). The maximum absolute atomic E-state index is 5.61. The third-order valence-corrected chi connectivity index (χ3v) is 2.65. The molecule has 2 aromatic rings. The van der Waals surface area contributed by atoms with E-state index in [9.17, 15) is 0 Å². The average Bonchev–Trinajstić information content (AvgIpc) is 2.30. The van der Waals surface area contributed by atoms with E-state index in [1.807, 2.05) is 36.4 Å². The molecule has 1 aromatic heterocycles. The molecule has 0 saturated carbocycles. The zero-order valence-electron chi connectivity index (χ0n) is 8.65. The van der Waals surface area contributed by atoms with Crippen LogP contribution in [0.1, 0.15) is 5.56 Å². The van der Waals surface area contributed by atoms with Gasteiger partial charge in [-0.15, -0.1) is 0 Å². The third kappa shape index (κ3) is 2.97. The molecule has 4 heteroatoms. The van der Waals surface area contributed by atoms with Gasteiger partial charge in [-0.25, -0.2) is 4.98 Å². The molecule has 3 N–H and O–H groups in total. The summed E-state index contributed by atoms with van der Waals surface area (Å²) in [6, 6.07) is 11.7. The van der Waals surface area contributed by atoms with Crippen molar-refractivity contribution in [3.05, 3.63) is 52.6 Å². The number of nitrogens with zero attached hydrogens (tertiary/aromatic N) is 1. The van der Waals surface area contributed by atoms with E-state index in [0.29, 0.717) is 0 Å². The summed E-state index contributed by atoms with van der Waals surface area (Å²) in [4.78, 5) is 4.23. The fourth-order valence-corrected chi connectivity index (χ4v) is 1.54. The first-order valence-electron chi connectivity index (χ1n) is 4.94. The number of hydrogen-bond acceptors (Lipinski definition) is 3. The number of nitrogen functional groups attached to an aromatic ring is 1. The number of benzene rings is 1. The number of anilines is 2. The fraction of sp³-hybridized carbons (Fsp3) is 0.0833. The molecule has 0 bridgehead atoms. The topological polar surface area (TPSA) is 50.9 Å². The van der Waals surface area contributed by atoms with Crippen molar-refractivity contribution in [2.24, 2.45) is 0 Å². The standard InChI is InChI=1S/C12H12BrN3/c13-10-3-6-12(16-8-10)15-7-9-1-4-11(14)5-2-9/h1-6,8H,7,14H2,(H,15,16). The predicted molar refractivity (Wildman–Crippen MR) is 70.1 cm³/mol. The molecule has 0 atom stereocenters. The second-order valence-electron chi connectivity index (χ2n) is 3.46. The first kappa shape index (κ1) is 11.0. The molecule has 0 aliphatic rings. The van der Waals surface area contributed by atoms with E-state index in [-0.39, 0.29) is 0 Å². The van der Waals surface area contributed by atoms with E-state index in [0.717, 1.165) is 22.5 Å². The monoisotopic (exact) mass is 277 g/mol. The molecule has 0 unspecified atom stereocenters. The number of rotatable bonds is 3. The maximum atomic E-state index is 5.61. The minimum Gasteiger partial charge on any atom is -0.399 e. The molecule has 0 radical (unpaired) electrons. The third-order valence-electron chi connectivity index (χ3n) is 2.18. The summed E-state index contributed by atoms with van der Waals surface area (Å²) in [6.07, 6.45) is 1.77. The molecular formula is C12H12BrN3. The average molecular weight is 278 g/mol. The van der Waals surface area contributed by atoms with Crippen molar-refractivity contribution in [2.45, 2.75) is 6.54 Å². The smallest absolute Gasteiger partial charge is 0.126 e. The Kier molecular flexibility index (Phi) is 3.41. The summed E-state index contributed by atoms with van der Waals surface area (Å²) in [5.74, 6) is 0.861. The number of nitrogens with two attached hydrogens (primary N) is 1. The Morgan fingerprint density at radius 3 is 2.50 bits per heavy atom. The second kappa shape index (κ2) is 4.99. The molecule has 0 aliphatic heterocycles. The molecule has 3 nitrogen and oxygen atoms in total. The van der Waals surface area contributed by atoms with Gasteiger partial charge in [-0.3, -0.25) is 0 Å². The van der Waals surface area contributed by atoms with Crippen LogP contribution in [0, 0.1) is 0 Å². The molecule has 0 amide bonds. The first-order valence-corrected chi connectivity index (χ1v) is 5.73. The number of pyridine rings is 1. The SMILES string of the molecule is Nc1ccc(CNc2ccc(Br)cn2)cc1. The Morgan fingerprint density at radius 1 is 1.12 bits per heavy atom. The molecule has 0 aliphatic carbocycles. The van der Waals surface area contributed by atoms with Crippen molar-refractivity contribution in [1.82, 2.24) is 4.98 Å². The van der Waals surface area contributed by atoms with E-state index in [1.165, 1.54) is 5.56 Å².